The van der Waals surface area contributed by atoms with Crippen LogP contribution in [0.4, 0.5) is 13.2 Å². The third kappa shape index (κ3) is 10.1. The van der Waals surface area contributed by atoms with Crippen molar-refractivity contribution in [2.75, 3.05) is 26.4 Å². The van der Waals surface area contributed by atoms with E-state index in [1.54, 1.807) is 54.6 Å². The summed E-state index contributed by atoms with van der Waals surface area (Å²) < 4.78 is 54.2. The normalized spacial score (nSPS) is 10.6. The zero-order valence-electron chi connectivity index (χ0n) is 20.6. The predicted octanol–water partition coefficient (Wildman–Crippen LogP) is 5.30. The number of hydrogen-bond acceptors (Lipinski definition) is 5. The van der Waals surface area contributed by atoms with Gasteiger partial charge < -0.3 is 24.4 Å². The summed E-state index contributed by atoms with van der Waals surface area (Å²) >= 11 is 0. The number of unbranched alkanes of at least 4 members (excludes halogenated alkanes) is 2. The standard InChI is InChI=1S/C30H27F3O5/c31-30(32,33)38-29-22-25(5-4-23-8-14-27(15-9-23)36-20-3-1-2-18-34)7-13-26(29)12-6-24-10-16-28(17-11-24)37-21-19-35/h7-11,13-17,22,34-35H,1-3,18-21H2. The van der Waals surface area contributed by atoms with Gasteiger partial charge >= 0.3 is 6.36 Å². The Hall–Kier alpha value is -4.11. The van der Waals surface area contributed by atoms with E-state index >= 15 is 0 Å². The maximum absolute atomic E-state index is 13.0. The van der Waals surface area contributed by atoms with Gasteiger partial charge in [0, 0.05) is 23.3 Å². The van der Waals surface area contributed by atoms with Crippen molar-refractivity contribution in [1.29, 1.82) is 0 Å². The lowest BCUT2D eigenvalue weighted by molar-refractivity contribution is -0.274. The molecule has 0 atom stereocenters. The van der Waals surface area contributed by atoms with E-state index in [1.807, 2.05) is 0 Å². The van der Waals surface area contributed by atoms with Gasteiger partial charge in [0.05, 0.1) is 18.8 Å². The highest BCUT2D eigenvalue weighted by Gasteiger charge is 2.32. The Morgan fingerprint density at radius 2 is 1.16 bits per heavy atom. The number of hydrogen-bond donors (Lipinski definition) is 2. The summed E-state index contributed by atoms with van der Waals surface area (Å²) in [5, 5.41) is 17.6. The first kappa shape index (κ1) is 28.5. The molecule has 3 aromatic carbocycles. The molecule has 0 bridgehead atoms. The molecule has 198 valence electrons. The molecule has 0 spiro atoms. The second-order valence-corrected chi connectivity index (χ2v) is 8.01. The molecule has 0 aromatic heterocycles. The molecule has 0 fully saturated rings. The summed E-state index contributed by atoms with van der Waals surface area (Å²) in [6.45, 7) is 0.765. The highest BCUT2D eigenvalue weighted by atomic mass is 19.4. The first-order valence-electron chi connectivity index (χ1n) is 12.0. The van der Waals surface area contributed by atoms with Gasteiger partial charge in [0.2, 0.25) is 0 Å². The van der Waals surface area contributed by atoms with Crippen LogP contribution < -0.4 is 14.2 Å². The van der Waals surface area contributed by atoms with Gasteiger partial charge in [0.25, 0.3) is 0 Å². The first-order chi connectivity index (χ1) is 18.4. The summed E-state index contributed by atoms with van der Waals surface area (Å²) in [5.41, 5.74) is 1.64. The Labute approximate surface area is 219 Å². The molecule has 0 heterocycles. The molecule has 0 aliphatic rings. The molecule has 0 saturated heterocycles. The summed E-state index contributed by atoms with van der Waals surface area (Å²) in [4.78, 5) is 0. The fourth-order valence-corrected chi connectivity index (χ4v) is 3.21. The lowest BCUT2D eigenvalue weighted by Gasteiger charge is -2.11. The quantitative estimate of drug-likeness (QED) is 0.279. The van der Waals surface area contributed by atoms with Crippen molar-refractivity contribution >= 4 is 0 Å². The number of aliphatic hydroxyl groups excluding tert-OH is 2. The Bertz CT molecular complexity index is 1280. The summed E-state index contributed by atoms with van der Waals surface area (Å²) in [5.74, 6) is 12.1. The topological polar surface area (TPSA) is 68.2 Å². The number of alkyl halides is 3. The summed E-state index contributed by atoms with van der Waals surface area (Å²) in [6.07, 6.45) is -2.41. The maximum Gasteiger partial charge on any atom is 0.573 e. The van der Waals surface area contributed by atoms with Gasteiger partial charge in [0.15, 0.2) is 0 Å². The lowest BCUT2D eigenvalue weighted by Crippen LogP contribution is -2.18. The molecule has 2 N–H and O–H groups in total. The average Bonchev–Trinajstić information content (AvgIpc) is 2.90. The summed E-state index contributed by atoms with van der Waals surface area (Å²) in [6, 6.07) is 17.9. The second kappa shape index (κ2) is 14.6. The van der Waals surface area contributed by atoms with Crippen molar-refractivity contribution in [1.82, 2.24) is 0 Å². The van der Waals surface area contributed by atoms with E-state index in [0.717, 1.165) is 19.3 Å². The SMILES string of the molecule is OCCCCCOc1ccc(C#Cc2ccc(C#Cc3ccc(OCCO)cc3)c(OC(F)(F)F)c2)cc1. The Kier molecular flexibility index (Phi) is 10.9. The monoisotopic (exact) mass is 524 g/mol. The van der Waals surface area contributed by atoms with Crippen LogP contribution in [0.2, 0.25) is 0 Å². The highest BCUT2D eigenvalue weighted by Crippen LogP contribution is 2.27. The molecular formula is C30H27F3O5. The fourth-order valence-electron chi connectivity index (χ4n) is 3.21. The van der Waals surface area contributed by atoms with Crippen LogP contribution in [0, 0.1) is 23.7 Å². The van der Waals surface area contributed by atoms with Crippen LogP contribution in [0.15, 0.2) is 66.7 Å². The molecule has 0 saturated carbocycles. The minimum atomic E-state index is -4.89. The van der Waals surface area contributed by atoms with Crippen molar-refractivity contribution in [2.24, 2.45) is 0 Å². The Balaban J connectivity index is 1.72. The maximum atomic E-state index is 13.0. The molecule has 0 aliphatic heterocycles. The van der Waals surface area contributed by atoms with Crippen molar-refractivity contribution in [2.45, 2.75) is 25.6 Å². The van der Waals surface area contributed by atoms with E-state index < -0.39 is 12.1 Å². The van der Waals surface area contributed by atoms with Gasteiger partial charge in [-0.25, -0.2) is 0 Å². The van der Waals surface area contributed by atoms with Gasteiger partial charge in [-0.15, -0.1) is 13.2 Å². The van der Waals surface area contributed by atoms with Crippen molar-refractivity contribution in [3.63, 3.8) is 0 Å². The third-order valence-corrected chi connectivity index (χ3v) is 5.04. The van der Waals surface area contributed by atoms with Crippen LogP contribution in [-0.2, 0) is 0 Å². The third-order valence-electron chi connectivity index (χ3n) is 5.04. The van der Waals surface area contributed by atoms with Gasteiger partial charge in [-0.2, -0.15) is 0 Å². The van der Waals surface area contributed by atoms with Crippen LogP contribution in [0.1, 0.15) is 41.5 Å². The van der Waals surface area contributed by atoms with E-state index in [2.05, 4.69) is 28.4 Å². The molecule has 0 radical (unpaired) electrons. The fraction of sp³-hybridized carbons (Fsp3) is 0.267. The minimum absolute atomic E-state index is 0.0639. The van der Waals surface area contributed by atoms with Gasteiger partial charge in [-0.3, -0.25) is 0 Å². The van der Waals surface area contributed by atoms with Crippen molar-refractivity contribution in [3.05, 3.63) is 89.0 Å². The molecule has 0 amide bonds. The summed E-state index contributed by atoms with van der Waals surface area (Å²) in [7, 11) is 0. The first-order valence-corrected chi connectivity index (χ1v) is 12.0. The molecule has 5 nitrogen and oxygen atoms in total. The van der Waals surface area contributed by atoms with Crippen molar-refractivity contribution < 1.29 is 37.6 Å². The number of ether oxygens (including phenoxy) is 3. The minimum Gasteiger partial charge on any atom is -0.494 e. The van der Waals surface area contributed by atoms with E-state index in [4.69, 9.17) is 19.7 Å². The molecule has 8 heteroatoms. The predicted molar refractivity (Wildman–Crippen MR) is 137 cm³/mol. The van der Waals surface area contributed by atoms with Crippen molar-refractivity contribution in [3.8, 4) is 40.9 Å². The second-order valence-electron chi connectivity index (χ2n) is 8.01. The van der Waals surface area contributed by atoms with E-state index in [-0.39, 0.29) is 25.4 Å². The molecule has 38 heavy (non-hydrogen) atoms. The molecule has 3 aromatic rings. The van der Waals surface area contributed by atoms with E-state index in [1.165, 1.54) is 12.1 Å². The van der Waals surface area contributed by atoms with Crippen LogP contribution in [-0.4, -0.2) is 43.0 Å². The van der Waals surface area contributed by atoms with Gasteiger partial charge in [-0.05, 0) is 86.0 Å². The largest absolute Gasteiger partial charge is 0.573 e. The molecule has 0 aliphatic carbocycles. The Morgan fingerprint density at radius 3 is 1.74 bits per heavy atom. The smallest absolute Gasteiger partial charge is 0.494 e. The van der Waals surface area contributed by atoms with Crippen LogP contribution in [0.25, 0.3) is 0 Å². The number of rotatable bonds is 10. The lowest BCUT2D eigenvalue weighted by atomic mass is 10.1. The highest BCUT2D eigenvalue weighted by molar-refractivity contribution is 5.55. The van der Waals surface area contributed by atoms with E-state index in [9.17, 15) is 13.2 Å². The number of halogens is 3. The average molecular weight is 525 g/mol. The van der Waals surface area contributed by atoms with Crippen LogP contribution in [0.3, 0.4) is 0 Å². The number of benzene rings is 3. The van der Waals surface area contributed by atoms with Crippen LogP contribution >= 0.6 is 0 Å². The van der Waals surface area contributed by atoms with E-state index in [0.29, 0.717) is 34.8 Å². The van der Waals surface area contributed by atoms with Gasteiger partial charge in [-0.1, -0.05) is 23.7 Å². The molecule has 0 unspecified atom stereocenters. The molecule has 3 rings (SSSR count). The number of aliphatic hydroxyl groups is 2. The molecular weight excluding hydrogens is 497 g/mol. The zero-order valence-corrected chi connectivity index (χ0v) is 20.6. The Morgan fingerprint density at radius 1 is 0.605 bits per heavy atom. The van der Waals surface area contributed by atoms with Crippen LogP contribution in [0.5, 0.6) is 17.2 Å². The van der Waals surface area contributed by atoms with Gasteiger partial charge in [0.1, 0.15) is 23.9 Å². The zero-order chi connectivity index (χ0) is 27.2.